The molecule has 0 saturated heterocycles. The summed E-state index contributed by atoms with van der Waals surface area (Å²) in [5, 5.41) is 3.15. The number of benzene rings is 1. The summed E-state index contributed by atoms with van der Waals surface area (Å²) in [5.41, 5.74) is 0.611. The molecular formula is C14H21F2N. The van der Waals surface area contributed by atoms with E-state index in [9.17, 15) is 8.78 Å². The second kappa shape index (κ2) is 6.10. The van der Waals surface area contributed by atoms with Crippen molar-refractivity contribution in [2.24, 2.45) is 5.41 Å². The minimum atomic E-state index is -0.517. The van der Waals surface area contributed by atoms with Crippen LogP contribution in [0.2, 0.25) is 0 Å². The molecule has 0 aliphatic rings. The number of halogens is 2. The van der Waals surface area contributed by atoms with Gasteiger partial charge in [0.15, 0.2) is 0 Å². The maximum absolute atomic E-state index is 13.6. The first-order valence-corrected chi connectivity index (χ1v) is 6.09. The molecule has 0 fully saturated rings. The Morgan fingerprint density at radius 1 is 1.29 bits per heavy atom. The standard InChI is InChI=1S/C14H21F2N/c1-4-7-14(2,10-17-3)9-11-5-6-12(15)8-13(11)16/h5-6,8,17H,4,7,9-10H2,1-3H3. The molecule has 0 spiro atoms. The summed E-state index contributed by atoms with van der Waals surface area (Å²) >= 11 is 0. The van der Waals surface area contributed by atoms with E-state index < -0.39 is 11.6 Å². The van der Waals surface area contributed by atoms with Crippen molar-refractivity contribution in [1.29, 1.82) is 0 Å². The lowest BCUT2D eigenvalue weighted by Crippen LogP contribution is -2.32. The van der Waals surface area contributed by atoms with Gasteiger partial charge in [-0.15, -0.1) is 0 Å². The summed E-state index contributed by atoms with van der Waals surface area (Å²) in [5.74, 6) is -0.958. The molecule has 1 aromatic carbocycles. The Bertz CT molecular complexity index is 357. The first-order valence-electron chi connectivity index (χ1n) is 6.09. The van der Waals surface area contributed by atoms with E-state index in [4.69, 9.17) is 0 Å². The first-order chi connectivity index (χ1) is 8.00. The molecule has 3 heteroatoms. The Hall–Kier alpha value is -0.960. The molecule has 0 heterocycles. The minimum absolute atomic E-state index is 0.0160. The van der Waals surface area contributed by atoms with Gasteiger partial charge in [-0.05, 0) is 36.9 Å². The normalized spacial score (nSPS) is 14.6. The van der Waals surface area contributed by atoms with Crippen LogP contribution in [0, 0.1) is 17.0 Å². The van der Waals surface area contributed by atoms with E-state index in [0.29, 0.717) is 12.0 Å². The minimum Gasteiger partial charge on any atom is -0.319 e. The third kappa shape index (κ3) is 4.08. The maximum Gasteiger partial charge on any atom is 0.129 e. The van der Waals surface area contributed by atoms with Crippen LogP contribution in [0.5, 0.6) is 0 Å². The number of hydrogen-bond donors (Lipinski definition) is 1. The van der Waals surface area contributed by atoms with Gasteiger partial charge in [0.25, 0.3) is 0 Å². The number of hydrogen-bond acceptors (Lipinski definition) is 1. The second-order valence-corrected chi connectivity index (χ2v) is 5.00. The topological polar surface area (TPSA) is 12.0 Å². The molecule has 0 radical (unpaired) electrons. The Morgan fingerprint density at radius 3 is 2.53 bits per heavy atom. The van der Waals surface area contributed by atoms with Crippen molar-refractivity contribution in [1.82, 2.24) is 5.32 Å². The van der Waals surface area contributed by atoms with E-state index >= 15 is 0 Å². The highest BCUT2D eigenvalue weighted by molar-refractivity contribution is 5.20. The Kier molecular flexibility index (Phi) is 5.06. The van der Waals surface area contributed by atoms with Crippen molar-refractivity contribution < 1.29 is 8.78 Å². The molecule has 1 atom stereocenters. The number of rotatable bonds is 6. The highest BCUT2D eigenvalue weighted by atomic mass is 19.1. The van der Waals surface area contributed by atoms with E-state index in [1.807, 2.05) is 7.05 Å². The van der Waals surface area contributed by atoms with Gasteiger partial charge in [-0.1, -0.05) is 26.3 Å². The molecule has 0 amide bonds. The lowest BCUT2D eigenvalue weighted by molar-refractivity contribution is 0.279. The van der Waals surface area contributed by atoms with Gasteiger partial charge in [-0.25, -0.2) is 8.78 Å². The van der Waals surface area contributed by atoms with Crippen molar-refractivity contribution in [3.05, 3.63) is 35.4 Å². The third-order valence-corrected chi connectivity index (χ3v) is 3.09. The van der Waals surface area contributed by atoms with Crippen LogP contribution in [-0.4, -0.2) is 13.6 Å². The monoisotopic (exact) mass is 241 g/mol. The van der Waals surface area contributed by atoms with Gasteiger partial charge in [0.1, 0.15) is 11.6 Å². The fourth-order valence-electron chi connectivity index (χ4n) is 2.39. The van der Waals surface area contributed by atoms with E-state index in [-0.39, 0.29) is 5.41 Å². The van der Waals surface area contributed by atoms with E-state index in [0.717, 1.165) is 25.5 Å². The van der Waals surface area contributed by atoms with Crippen LogP contribution in [0.15, 0.2) is 18.2 Å². The van der Waals surface area contributed by atoms with Gasteiger partial charge in [0.2, 0.25) is 0 Å². The predicted molar refractivity (Wildman–Crippen MR) is 67.0 cm³/mol. The van der Waals surface area contributed by atoms with Crippen molar-refractivity contribution in [3.8, 4) is 0 Å². The summed E-state index contributed by atoms with van der Waals surface area (Å²) < 4.78 is 26.4. The van der Waals surface area contributed by atoms with Crippen LogP contribution >= 0.6 is 0 Å². The van der Waals surface area contributed by atoms with Crippen molar-refractivity contribution in [2.75, 3.05) is 13.6 Å². The fraction of sp³-hybridized carbons (Fsp3) is 0.571. The van der Waals surface area contributed by atoms with E-state index in [1.165, 1.54) is 6.07 Å². The van der Waals surface area contributed by atoms with Gasteiger partial charge >= 0.3 is 0 Å². The summed E-state index contributed by atoms with van der Waals surface area (Å²) in [6.45, 7) is 5.09. The lowest BCUT2D eigenvalue weighted by atomic mass is 9.79. The molecule has 1 N–H and O–H groups in total. The van der Waals surface area contributed by atoms with E-state index in [2.05, 4.69) is 19.2 Å². The van der Waals surface area contributed by atoms with Crippen LogP contribution in [0.25, 0.3) is 0 Å². The summed E-state index contributed by atoms with van der Waals surface area (Å²) in [6.07, 6.45) is 2.71. The highest BCUT2D eigenvalue weighted by Crippen LogP contribution is 2.28. The largest absolute Gasteiger partial charge is 0.319 e. The third-order valence-electron chi connectivity index (χ3n) is 3.09. The quantitative estimate of drug-likeness (QED) is 0.803. The average Bonchev–Trinajstić information content (AvgIpc) is 2.23. The van der Waals surface area contributed by atoms with Crippen LogP contribution in [0.1, 0.15) is 32.3 Å². The molecule has 0 aliphatic carbocycles. The van der Waals surface area contributed by atoms with E-state index in [1.54, 1.807) is 6.07 Å². The van der Waals surface area contributed by atoms with Gasteiger partial charge in [0.05, 0.1) is 0 Å². The average molecular weight is 241 g/mol. The van der Waals surface area contributed by atoms with Crippen molar-refractivity contribution in [3.63, 3.8) is 0 Å². The Balaban J connectivity index is 2.85. The molecule has 1 nitrogen and oxygen atoms in total. The molecule has 1 unspecified atom stereocenters. The van der Waals surface area contributed by atoms with Crippen molar-refractivity contribution >= 4 is 0 Å². The molecule has 0 aliphatic heterocycles. The van der Waals surface area contributed by atoms with Crippen LogP contribution in [0.3, 0.4) is 0 Å². The summed E-state index contributed by atoms with van der Waals surface area (Å²) in [6, 6.07) is 3.83. The summed E-state index contributed by atoms with van der Waals surface area (Å²) in [7, 11) is 1.90. The fourth-order valence-corrected chi connectivity index (χ4v) is 2.39. The molecule has 1 aromatic rings. The van der Waals surface area contributed by atoms with Gasteiger partial charge in [0, 0.05) is 12.6 Å². The second-order valence-electron chi connectivity index (χ2n) is 5.00. The highest BCUT2D eigenvalue weighted by Gasteiger charge is 2.24. The molecular weight excluding hydrogens is 220 g/mol. The molecule has 0 bridgehead atoms. The zero-order valence-electron chi connectivity index (χ0n) is 10.8. The van der Waals surface area contributed by atoms with Gasteiger partial charge < -0.3 is 5.32 Å². The predicted octanol–water partition coefficient (Wildman–Crippen LogP) is 3.53. The smallest absolute Gasteiger partial charge is 0.129 e. The first kappa shape index (κ1) is 14.1. The van der Waals surface area contributed by atoms with Crippen molar-refractivity contribution in [2.45, 2.75) is 33.1 Å². The SMILES string of the molecule is CCCC(C)(CNC)Cc1ccc(F)cc1F. The zero-order valence-corrected chi connectivity index (χ0v) is 10.8. The van der Waals surface area contributed by atoms with Gasteiger partial charge in [-0.2, -0.15) is 0 Å². The Labute approximate surface area is 102 Å². The van der Waals surface area contributed by atoms with Gasteiger partial charge in [-0.3, -0.25) is 0 Å². The maximum atomic E-state index is 13.6. The van der Waals surface area contributed by atoms with Crippen LogP contribution in [0.4, 0.5) is 8.78 Å². The van der Waals surface area contributed by atoms with Crippen LogP contribution in [-0.2, 0) is 6.42 Å². The molecule has 17 heavy (non-hydrogen) atoms. The molecule has 0 saturated carbocycles. The number of nitrogens with one attached hydrogen (secondary N) is 1. The molecule has 1 rings (SSSR count). The molecule has 0 aromatic heterocycles. The summed E-state index contributed by atoms with van der Waals surface area (Å²) in [4.78, 5) is 0. The molecule has 96 valence electrons. The Morgan fingerprint density at radius 2 is 2.00 bits per heavy atom. The zero-order chi connectivity index (χ0) is 12.9. The van der Waals surface area contributed by atoms with Crippen LogP contribution < -0.4 is 5.32 Å². The lowest BCUT2D eigenvalue weighted by Gasteiger charge is -2.29.